The maximum atomic E-state index is 14.1. The Kier molecular flexibility index (Phi) is 9.19. The zero-order chi connectivity index (χ0) is 30.6. The SMILES string of the molecule is CCOC(=O)C1CCN(C(=O)C2COC3(CCN(C(=O)c4ccc(OC)cc4)CC3)N2C(=O)c2ccc(OC)cc2)CC1. The third-order valence-electron chi connectivity index (χ3n) is 8.70. The molecule has 1 unspecified atom stereocenters. The van der Waals surface area contributed by atoms with Crippen molar-refractivity contribution in [1.29, 1.82) is 0 Å². The van der Waals surface area contributed by atoms with Crippen molar-refractivity contribution in [3.8, 4) is 11.5 Å². The first-order valence-electron chi connectivity index (χ1n) is 14.8. The lowest BCUT2D eigenvalue weighted by atomic mass is 9.94. The van der Waals surface area contributed by atoms with Gasteiger partial charge >= 0.3 is 5.97 Å². The van der Waals surface area contributed by atoms with Crippen LogP contribution in [-0.2, 0) is 19.1 Å². The molecule has 0 bridgehead atoms. The number of methoxy groups -OCH3 is 2. The highest BCUT2D eigenvalue weighted by Gasteiger charge is 2.55. The summed E-state index contributed by atoms with van der Waals surface area (Å²) in [6.45, 7) is 3.70. The monoisotopic (exact) mass is 593 g/mol. The Hall–Kier alpha value is -4.12. The average molecular weight is 594 g/mol. The van der Waals surface area contributed by atoms with Gasteiger partial charge in [-0.15, -0.1) is 0 Å². The number of nitrogens with zero attached hydrogens (tertiary/aromatic N) is 3. The number of ether oxygens (including phenoxy) is 4. The normalized spacial score (nSPS) is 20.2. The van der Waals surface area contributed by atoms with Gasteiger partial charge in [-0.25, -0.2) is 0 Å². The fourth-order valence-corrected chi connectivity index (χ4v) is 6.21. The van der Waals surface area contributed by atoms with Crippen molar-refractivity contribution < 1.29 is 38.1 Å². The molecule has 5 rings (SSSR count). The Morgan fingerprint density at radius 1 is 0.791 bits per heavy atom. The van der Waals surface area contributed by atoms with Crippen LogP contribution in [0.2, 0.25) is 0 Å². The van der Waals surface area contributed by atoms with E-state index in [1.807, 2.05) is 0 Å². The predicted octanol–water partition coefficient (Wildman–Crippen LogP) is 2.98. The molecule has 3 saturated heterocycles. The first-order valence-corrected chi connectivity index (χ1v) is 14.8. The lowest BCUT2D eigenvalue weighted by molar-refractivity contribution is -0.152. The minimum atomic E-state index is -1.03. The van der Waals surface area contributed by atoms with Gasteiger partial charge in [-0.1, -0.05) is 0 Å². The summed E-state index contributed by atoms with van der Waals surface area (Å²) < 4.78 is 22.0. The first kappa shape index (κ1) is 30.3. The fraction of sp³-hybridized carbons (Fsp3) is 0.500. The highest BCUT2D eigenvalue weighted by Crippen LogP contribution is 2.40. The second-order valence-electron chi connectivity index (χ2n) is 11.0. The van der Waals surface area contributed by atoms with Crippen LogP contribution in [0.4, 0.5) is 0 Å². The molecule has 43 heavy (non-hydrogen) atoms. The smallest absolute Gasteiger partial charge is 0.309 e. The summed E-state index contributed by atoms with van der Waals surface area (Å²) in [6.07, 6.45) is 1.76. The number of esters is 1. The number of rotatable bonds is 7. The molecule has 1 atom stereocenters. The number of hydrogen-bond acceptors (Lipinski definition) is 8. The third-order valence-corrected chi connectivity index (χ3v) is 8.70. The van der Waals surface area contributed by atoms with Crippen LogP contribution in [0.5, 0.6) is 11.5 Å². The van der Waals surface area contributed by atoms with Crippen molar-refractivity contribution in [3.63, 3.8) is 0 Å². The zero-order valence-electron chi connectivity index (χ0n) is 25.0. The molecule has 11 nitrogen and oxygen atoms in total. The number of hydrogen-bond donors (Lipinski definition) is 0. The molecule has 230 valence electrons. The van der Waals surface area contributed by atoms with Gasteiger partial charge in [0.15, 0.2) is 0 Å². The van der Waals surface area contributed by atoms with Crippen molar-refractivity contribution >= 4 is 23.7 Å². The molecule has 0 N–H and O–H groups in total. The van der Waals surface area contributed by atoms with Crippen LogP contribution in [0, 0.1) is 5.92 Å². The van der Waals surface area contributed by atoms with E-state index in [-0.39, 0.29) is 36.2 Å². The molecule has 0 aromatic heterocycles. The lowest BCUT2D eigenvalue weighted by Crippen LogP contribution is -2.60. The average Bonchev–Trinajstić information content (AvgIpc) is 3.42. The molecule has 11 heteroatoms. The summed E-state index contributed by atoms with van der Waals surface area (Å²) in [6, 6.07) is 12.9. The van der Waals surface area contributed by atoms with Crippen LogP contribution >= 0.6 is 0 Å². The molecule has 0 saturated carbocycles. The summed E-state index contributed by atoms with van der Waals surface area (Å²) in [7, 11) is 3.13. The summed E-state index contributed by atoms with van der Waals surface area (Å²) in [4.78, 5) is 58.6. The Labute approximate surface area is 251 Å². The summed E-state index contributed by atoms with van der Waals surface area (Å²) in [5.74, 6) is 0.200. The molecule has 3 amide bonds. The Bertz CT molecular complexity index is 1310. The van der Waals surface area contributed by atoms with Gasteiger partial charge in [-0.2, -0.15) is 0 Å². The van der Waals surface area contributed by atoms with Gasteiger partial charge in [-0.3, -0.25) is 24.1 Å². The van der Waals surface area contributed by atoms with E-state index in [2.05, 4.69) is 0 Å². The van der Waals surface area contributed by atoms with Crippen molar-refractivity contribution in [1.82, 2.24) is 14.7 Å². The predicted molar refractivity (Wildman–Crippen MR) is 156 cm³/mol. The quantitative estimate of drug-likeness (QED) is 0.450. The number of carbonyl (C=O) groups is 4. The number of benzene rings is 2. The molecule has 3 fully saturated rings. The molecule has 3 aliphatic rings. The Balaban J connectivity index is 1.34. The molecule has 3 aliphatic heterocycles. The number of likely N-dealkylation sites (tertiary alicyclic amines) is 2. The van der Waals surface area contributed by atoms with Gasteiger partial charge in [-0.05, 0) is 68.3 Å². The molecular formula is C32H39N3O8. The molecule has 1 spiro atoms. The van der Waals surface area contributed by atoms with E-state index in [9.17, 15) is 19.2 Å². The topological polar surface area (TPSA) is 115 Å². The van der Waals surface area contributed by atoms with Crippen molar-refractivity contribution in [2.45, 2.75) is 44.4 Å². The van der Waals surface area contributed by atoms with E-state index >= 15 is 0 Å². The zero-order valence-corrected chi connectivity index (χ0v) is 25.0. The number of carbonyl (C=O) groups excluding carboxylic acids is 4. The van der Waals surface area contributed by atoms with Crippen molar-refractivity contribution in [3.05, 3.63) is 59.7 Å². The van der Waals surface area contributed by atoms with Crippen molar-refractivity contribution in [2.24, 2.45) is 5.92 Å². The Morgan fingerprint density at radius 2 is 1.33 bits per heavy atom. The summed E-state index contributed by atoms with van der Waals surface area (Å²) in [5, 5.41) is 0. The molecular weight excluding hydrogens is 554 g/mol. The molecule has 0 radical (unpaired) electrons. The van der Waals surface area contributed by atoms with Crippen LogP contribution < -0.4 is 9.47 Å². The van der Waals surface area contributed by atoms with Gasteiger partial charge in [0.25, 0.3) is 11.8 Å². The molecule has 2 aromatic carbocycles. The van der Waals surface area contributed by atoms with E-state index in [1.54, 1.807) is 84.4 Å². The number of amides is 3. The minimum Gasteiger partial charge on any atom is -0.497 e. The molecule has 3 heterocycles. The van der Waals surface area contributed by atoms with Crippen LogP contribution in [0.25, 0.3) is 0 Å². The van der Waals surface area contributed by atoms with Gasteiger partial charge in [0.1, 0.15) is 23.3 Å². The van der Waals surface area contributed by atoms with Gasteiger partial charge in [0, 0.05) is 50.1 Å². The van der Waals surface area contributed by atoms with Gasteiger partial charge < -0.3 is 28.7 Å². The van der Waals surface area contributed by atoms with E-state index in [4.69, 9.17) is 18.9 Å². The van der Waals surface area contributed by atoms with E-state index < -0.39 is 11.8 Å². The second kappa shape index (κ2) is 13.0. The second-order valence-corrected chi connectivity index (χ2v) is 11.0. The van der Waals surface area contributed by atoms with Crippen LogP contribution in [0.15, 0.2) is 48.5 Å². The van der Waals surface area contributed by atoms with Gasteiger partial charge in [0.2, 0.25) is 5.91 Å². The van der Waals surface area contributed by atoms with Crippen LogP contribution in [0.1, 0.15) is 53.3 Å². The van der Waals surface area contributed by atoms with Crippen molar-refractivity contribution in [2.75, 3.05) is 53.6 Å². The number of piperidine rings is 2. The minimum absolute atomic E-state index is 0.0605. The van der Waals surface area contributed by atoms with Crippen LogP contribution in [0.3, 0.4) is 0 Å². The molecule has 0 aliphatic carbocycles. The van der Waals surface area contributed by atoms with Gasteiger partial charge in [0.05, 0.1) is 33.4 Å². The highest BCUT2D eigenvalue weighted by molar-refractivity contribution is 5.99. The fourth-order valence-electron chi connectivity index (χ4n) is 6.21. The van der Waals surface area contributed by atoms with Crippen LogP contribution in [-0.4, -0.2) is 104 Å². The maximum absolute atomic E-state index is 14.1. The largest absolute Gasteiger partial charge is 0.497 e. The molecule has 2 aromatic rings. The lowest BCUT2D eigenvalue weighted by Gasteiger charge is -2.45. The van der Waals surface area contributed by atoms with E-state index in [1.165, 1.54) is 0 Å². The van der Waals surface area contributed by atoms with E-state index in [0.717, 1.165) is 0 Å². The third kappa shape index (κ3) is 6.17. The standard InChI is InChI=1S/C32H39N3O8/c1-4-42-31(39)24-13-17-33(18-14-24)30(38)27-21-43-32(35(27)29(37)23-7-11-26(41-3)12-8-23)15-19-34(20-16-32)28(36)22-5-9-25(40-2)10-6-22/h5-12,24,27H,4,13-21H2,1-3H3. The summed E-state index contributed by atoms with van der Waals surface area (Å²) >= 11 is 0. The first-order chi connectivity index (χ1) is 20.8. The Morgan fingerprint density at radius 3 is 1.84 bits per heavy atom. The highest BCUT2D eigenvalue weighted by atomic mass is 16.5. The maximum Gasteiger partial charge on any atom is 0.309 e. The summed E-state index contributed by atoms with van der Waals surface area (Å²) in [5.41, 5.74) is -0.0622. The van der Waals surface area contributed by atoms with E-state index in [0.29, 0.717) is 81.1 Å².